The van der Waals surface area contributed by atoms with E-state index < -0.39 is 0 Å². The van der Waals surface area contributed by atoms with Gasteiger partial charge in [-0.1, -0.05) is 200 Å². The zero-order chi connectivity index (χ0) is 42.4. The van der Waals surface area contributed by atoms with Gasteiger partial charge >= 0.3 is 0 Å². The van der Waals surface area contributed by atoms with Gasteiger partial charge in [0.15, 0.2) is 0 Å². The van der Waals surface area contributed by atoms with E-state index in [9.17, 15) is 0 Å². The van der Waals surface area contributed by atoms with E-state index in [1.54, 1.807) is 0 Å². The highest BCUT2D eigenvalue weighted by molar-refractivity contribution is 6.10. The van der Waals surface area contributed by atoms with Gasteiger partial charge < -0.3 is 9.47 Å². The summed E-state index contributed by atoms with van der Waals surface area (Å²) in [6.45, 7) is 0. The van der Waals surface area contributed by atoms with Crippen molar-refractivity contribution in [2.75, 3.05) is 4.90 Å². The lowest BCUT2D eigenvalue weighted by molar-refractivity contribution is 1.18. The highest BCUT2D eigenvalue weighted by atomic mass is 15.1. The third kappa shape index (κ3) is 6.52. The number of hydrogen-bond donors (Lipinski definition) is 0. The Morgan fingerprint density at radius 1 is 0.250 bits per heavy atom. The molecule has 0 saturated heterocycles. The molecule has 0 fully saturated rings. The Kier molecular flexibility index (Phi) is 9.20. The van der Waals surface area contributed by atoms with E-state index in [1.807, 2.05) is 0 Å². The van der Waals surface area contributed by atoms with Gasteiger partial charge in [-0.3, -0.25) is 0 Å². The molecule has 0 aliphatic heterocycles. The fourth-order valence-electron chi connectivity index (χ4n) is 9.72. The molecule has 64 heavy (non-hydrogen) atoms. The first-order valence-electron chi connectivity index (χ1n) is 22.0. The first kappa shape index (κ1) is 37.3. The molecule has 12 rings (SSSR count). The average Bonchev–Trinajstić information content (AvgIpc) is 3.71. The minimum Gasteiger partial charge on any atom is -0.310 e. The summed E-state index contributed by atoms with van der Waals surface area (Å²) in [4.78, 5) is 2.37. The third-order valence-electron chi connectivity index (χ3n) is 12.8. The molecule has 2 heteroatoms. The van der Waals surface area contributed by atoms with Crippen LogP contribution in [0.5, 0.6) is 0 Å². The van der Waals surface area contributed by atoms with Crippen LogP contribution in [0, 0.1) is 0 Å². The summed E-state index contributed by atoms with van der Waals surface area (Å²) < 4.78 is 2.41. The topological polar surface area (TPSA) is 8.17 Å². The van der Waals surface area contributed by atoms with Crippen molar-refractivity contribution < 1.29 is 0 Å². The van der Waals surface area contributed by atoms with E-state index in [4.69, 9.17) is 0 Å². The van der Waals surface area contributed by atoms with Gasteiger partial charge in [-0.25, -0.2) is 0 Å². The number of anilines is 3. The summed E-state index contributed by atoms with van der Waals surface area (Å²) in [5.74, 6) is 0. The number of hydrogen-bond acceptors (Lipinski definition) is 1. The molecule has 0 spiro atoms. The molecule has 0 bridgehead atoms. The summed E-state index contributed by atoms with van der Waals surface area (Å²) in [7, 11) is 0. The second-order valence-electron chi connectivity index (χ2n) is 16.5. The molecule has 0 N–H and O–H groups in total. The molecular weight excluding hydrogens is 773 g/mol. The quantitative estimate of drug-likeness (QED) is 0.148. The van der Waals surface area contributed by atoms with E-state index in [0.29, 0.717) is 0 Å². The lowest BCUT2D eigenvalue weighted by atomic mass is 9.91. The van der Waals surface area contributed by atoms with E-state index in [2.05, 4.69) is 264 Å². The van der Waals surface area contributed by atoms with Crippen molar-refractivity contribution >= 4 is 60.4 Å². The van der Waals surface area contributed by atoms with Crippen LogP contribution in [0.4, 0.5) is 17.1 Å². The van der Waals surface area contributed by atoms with Gasteiger partial charge in [-0.05, 0) is 115 Å². The van der Waals surface area contributed by atoms with Crippen LogP contribution in [-0.4, -0.2) is 4.57 Å². The summed E-state index contributed by atoms with van der Waals surface area (Å²) in [6.07, 6.45) is 0. The first-order chi connectivity index (χ1) is 31.7. The van der Waals surface area contributed by atoms with Crippen LogP contribution >= 0.6 is 0 Å². The van der Waals surface area contributed by atoms with Crippen molar-refractivity contribution in [2.45, 2.75) is 0 Å². The number of benzene rings is 11. The van der Waals surface area contributed by atoms with Crippen molar-refractivity contribution in [3.05, 3.63) is 255 Å². The van der Waals surface area contributed by atoms with Crippen molar-refractivity contribution in [3.63, 3.8) is 0 Å². The number of nitrogens with zero attached hydrogens (tertiary/aromatic N) is 2. The van der Waals surface area contributed by atoms with Crippen LogP contribution < -0.4 is 4.90 Å². The van der Waals surface area contributed by atoms with Crippen LogP contribution in [0.25, 0.3) is 93.5 Å². The Hall–Kier alpha value is -8.46. The summed E-state index contributed by atoms with van der Waals surface area (Å²) in [6, 6.07) is 92.6. The maximum absolute atomic E-state index is 2.41. The minimum absolute atomic E-state index is 1.10. The molecule has 1 heterocycles. The Morgan fingerprint density at radius 3 is 1.38 bits per heavy atom. The van der Waals surface area contributed by atoms with Crippen LogP contribution in [0.15, 0.2) is 255 Å². The number of rotatable bonds is 8. The number of aromatic nitrogens is 1. The average molecular weight is 815 g/mol. The van der Waals surface area contributed by atoms with Crippen LogP contribution in [0.3, 0.4) is 0 Å². The van der Waals surface area contributed by atoms with Gasteiger partial charge in [0.05, 0.1) is 16.7 Å². The van der Waals surface area contributed by atoms with Crippen molar-refractivity contribution in [1.82, 2.24) is 4.57 Å². The zero-order valence-electron chi connectivity index (χ0n) is 35.1. The molecule has 0 aliphatic rings. The van der Waals surface area contributed by atoms with E-state index in [1.165, 1.54) is 93.5 Å². The lowest BCUT2D eigenvalue weighted by Crippen LogP contribution is -2.09. The standard InChI is InChI=1S/C62H42N2/c1-2-16-49-42-52(41-34-43(49)14-1)63(51-39-35-47(36-40-51)54-19-5-6-21-56(54)57-24-13-17-46-15-3-4-18-53(46)57)50-37-32-45(33-38-50)44-28-30-48(31-29-44)55-20-7-10-25-60(55)64-61-26-11-8-22-58(61)59-23-9-12-27-62(59)64/h1-42H. The predicted molar refractivity (Wildman–Crippen MR) is 272 cm³/mol. The van der Waals surface area contributed by atoms with Gasteiger partial charge in [-0.2, -0.15) is 0 Å². The largest absolute Gasteiger partial charge is 0.310 e. The summed E-state index contributed by atoms with van der Waals surface area (Å²) in [5.41, 5.74) is 16.5. The molecule has 300 valence electrons. The smallest absolute Gasteiger partial charge is 0.0541 e. The number of fused-ring (bicyclic) bond motifs is 5. The second-order valence-corrected chi connectivity index (χ2v) is 16.5. The molecule has 1 aromatic heterocycles. The van der Waals surface area contributed by atoms with Crippen molar-refractivity contribution in [1.29, 1.82) is 0 Å². The monoisotopic (exact) mass is 814 g/mol. The molecule has 0 saturated carbocycles. The molecule has 0 aliphatic carbocycles. The normalized spacial score (nSPS) is 11.4. The summed E-state index contributed by atoms with van der Waals surface area (Å²) in [5, 5.41) is 7.47. The van der Waals surface area contributed by atoms with E-state index in [0.717, 1.165) is 17.1 Å². The second kappa shape index (κ2) is 15.8. The van der Waals surface area contributed by atoms with Gasteiger partial charge in [0.2, 0.25) is 0 Å². The summed E-state index contributed by atoms with van der Waals surface area (Å²) >= 11 is 0. The predicted octanol–water partition coefficient (Wildman–Crippen LogP) is 17.2. The molecule has 12 aromatic rings. The fraction of sp³-hybridized carbons (Fsp3) is 0. The van der Waals surface area contributed by atoms with Crippen molar-refractivity contribution in [3.8, 4) is 50.2 Å². The first-order valence-corrected chi connectivity index (χ1v) is 22.0. The van der Waals surface area contributed by atoms with Gasteiger partial charge in [0.25, 0.3) is 0 Å². The minimum atomic E-state index is 1.10. The Labute approximate surface area is 373 Å². The number of para-hydroxylation sites is 3. The highest BCUT2D eigenvalue weighted by Gasteiger charge is 2.18. The van der Waals surface area contributed by atoms with E-state index in [-0.39, 0.29) is 0 Å². The Morgan fingerprint density at radius 2 is 0.688 bits per heavy atom. The molecule has 11 aromatic carbocycles. The van der Waals surface area contributed by atoms with Crippen LogP contribution in [0.1, 0.15) is 0 Å². The zero-order valence-corrected chi connectivity index (χ0v) is 35.1. The molecule has 0 unspecified atom stereocenters. The fourth-order valence-corrected chi connectivity index (χ4v) is 9.72. The molecular formula is C62H42N2. The highest BCUT2D eigenvalue weighted by Crippen LogP contribution is 2.41. The Balaban J connectivity index is 0.887. The van der Waals surface area contributed by atoms with Gasteiger partial charge in [0, 0.05) is 33.4 Å². The maximum atomic E-state index is 2.41. The van der Waals surface area contributed by atoms with Gasteiger partial charge in [-0.15, -0.1) is 0 Å². The lowest BCUT2D eigenvalue weighted by Gasteiger charge is -2.26. The third-order valence-corrected chi connectivity index (χ3v) is 12.8. The van der Waals surface area contributed by atoms with Crippen molar-refractivity contribution in [2.24, 2.45) is 0 Å². The molecule has 0 radical (unpaired) electrons. The van der Waals surface area contributed by atoms with E-state index >= 15 is 0 Å². The molecule has 0 atom stereocenters. The van der Waals surface area contributed by atoms with Crippen LogP contribution in [0.2, 0.25) is 0 Å². The van der Waals surface area contributed by atoms with Gasteiger partial charge in [0.1, 0.15) is 0 Å². The Bertz CT molecular complexity index is 3590. The molecule has 2 nitrogen and oxygen atoms in total. The van der Waals surface area contributed by atoms with Crippen LogP contribution in [-0.2, 0) is 0 Å². The molecule has 0 amide bonds. The maximum Gasteiger partial charge on any atom is 0.0541 e. The SMILES string of the molecule is c1ccc(-c2cccc3ccccc23)c(-c2ccc(N(c3ccc(-c4ccc(-c5ccccc5-n5c6ccccc6c6ccccc65)cc4)cc3)c3ccc4ccccc4c3)cc2)c1.